The van der Waals surface area contributed by atoms with Crippen LogP contribution in [0.4, 0.5) is 5.82 Å². The van der Waals surface area contributed by atoms with E-state index >= 15 is 0 Å². The summed E-state index contributed by atoms with van der Waals surface area (Å²) in [4.78, 5) is 40.5. The predicted molar refractivity (Wildman–Crippen MR) is 96.1 cm³/mol. The van der Waals surface area contributed by atoms with Crippen molar-refractivity contribution in [3.63, 3.8) is 0 Å². The molecular weight excluding hydrogens is 344 g/mol. The van der Waals surface area contributed by atoms with Crippen molar-refractivity contribution in [2.45, 2.75) is 25.4 Å². The van der Waals surface area contributed by atoms with Gasteiger partial charge in [-0.3, -0.25) is 24.0 Å². The first-order chi connectivity index (χ1) is 11.9. The van der Waals surface area contributed by atoms with Gasteiger partial charge in [0.2, 0.25) is 0 Å². The molecule has 1 aromatic heterocycles. The number of carbonyl (C=O) groups is 1. The molecule has 0 amide bonds. The van der Waals surface area contributed by atoms with Gasteiger partial charge >= 0.3 is 5.69 Å². The molecule has 0 bridgehead atoms. The number of Topliss-reactive ketones (excluding diaryl/α,β-unsaturated/α-hetero) is 1. The van der Waals surface area contributed by atoms with Crippen LogP contribution in [0, 0.1) is 0 Å². The molecular formula is C17H19ClN4O3. The van der Waals surface area contributed by atoms with E-state index in [2.05, 4.69) is 4.98 Å². The normalized spacial score (nSPS) is 14.0. The minimum Gasteiger partial charge on any atom is -0.384 e. The summed E-state index contributed by atoms with van der Waals surface area (Å²) >= 11 is 5.96. The minimum atomic E-state index is -0.736. The topological polar surface area (TPSA) is 101 Å². The maximum absolute atomic E-state index is 12.6. The summed E-state index contributed by atoms with van der Waals surface area (Å²) < 4.78 is 1.31. The van der Waals surface area contributed by atoms with E-state index in [1.807, 2.05) is 18.2 Å². The molecule has 0 saturated heterocycles. The maximum Gasteiger partial charge on any atom is 0.330 e. The van der Waals surface area contributed by atoms with Gasteiger partial charge in [0.15, 0.2) is 5.78 Å². The number of aromatic amines is 1. The highest BCUT2D eigenvalue weighted by molar-refractivity contribution is 6.30. The Kier molecular flexibility index (Phi) is 4.78. The molecule has 0 atom stereocenters. The monoisotopic (exact) mass is 362 g/mol. The van der Waals surface area contributed by atoms with Crippen LogP contribution in [-0.2, 0) is 6.54 Å². The van der Waals surface area contributed by atoms with E-state index < -0.39 is 17.0 Å². The zero-order valence-corrected chi connectivity index (χ0v) is 14.5. The van der Waals surface area contributed by atoms with Gasteiger partial charge in [0.25, 0.3) is 5.56 Å². The van der Waals surface area contributed by atoms with Crippen LogP contribution in [0.1, 0.15) is 34.8 Å². The molecule has 0 radical (unpaired) electrons. The minimum absolute atomic E-state index is 0.00264. The van der Waals surface area contributed by atoms with E-state index in [9.17, 15) is 14.4 Å². The van der Waals surface area contributed by atoms with Gasteiger partial charge in [0.1, 0.15) is 11.4 Å². The number of ketones is 1. The van der Waals surface area contributed by atoms with Crippen LogP contribution in [0.2, 0.25) is 5.02 Å². The Bertz CT molecular complexity index is 930. The van der Waals surface area contributed by atoms with Crippen molar-refractivity contribution in [2.75, 3.05) is 19.3 Å². The fraction of sp³-hybridized carbons (Fsp3) is 0.353. The van der Waals surface area contributed by atoms with Crippen LogP contribution in [0.3, 0.4) is 0 Å². The highest BCUT2D eigenvalue weighted by Gasteiger charge is 2.30. The molecule has 1 aromatic carbocycles. The number of benzene rings is 1. The third-order valence-electron chi connectivity index (χ3n) is 4.13. The third kappa shape index (κ3) is 3.83. The third-order valence-corrected chi connectivity index (χ3v) is 4.36. The average Bonchev–Trinajstić information content (AvgIpc) is 3.31. The lowest BCUT2D eigenvalue weighted by Gasteiger charge is -2.17. The summed E-state index contributed by atoms with van der Waals surface area (Å²) in [6, 6.07) is 7.30. The van der Waals surface area contributed by atoms with Crippen molar-refractivity contribution in [3.8, 4) is 0 Å². The highest BCUT2D eigenvalue weighted by atomic mass is 35.5. The zero-order chi connectivity index (χ0) is 18.1. The largest absolute Gasteiger partial charge is 0.384 e. The van der Waals surface area contributed by atoms with Gasteiger partial charge in [-0.2, -0.15) is 0 Å². The molecule has 3 rings (SSSR count). The number of hydrogen-bond acceptors (Lipinski definition) is 5. The first-order valence-electron chi connectivity index (χ1n) is 7.97. The Hall–Kier alpha value is -2.38. The number of aromatic nitrogens is 2. The summed E-state index contributed by atoms with van der Waals surface area (Å²) in [5.41, 5.74) is 5.47. The Labute approximate surface area is 149 Å². The van der Waals surface area contributed by atoms with E-state index in [0.717, 1.165) is 18.4 Å². The maximum atomic E-state index is 12.6. The first-order valence-corrected chi connectivity index (χ1v) is 8.35. The number of rotatable bonds is 6. The Morgan fingerprint density at radius 3 is 2.76 bits per heavy atom. The number of likely N-dealkylation sites (N-methyl/N-ethyl adjacent to an activating group) is 1. The molecule has 3 N–H and O–H groups in total. The first kappa shape index (κ1) is 17.4. The lowest BCUT2D eigenvalue weighted by molar-refractivity contribution is 0.0941. The average molecular weight is 363 g/mol. The van der Waals surface area contributed by atoms with E-state index in [1.165, 1.54) is 4.57 Å². The summed E-state index contributed by atoms with van der Waals surface area (Å²) in [6.45, 7) is 0.495. The van der Waals surface area contributed by atoms with Crippen molar-refractivity contribution < 1.29 is 4.79 Å². The summed E-state index contributed by atoms with van der Waals surface area (Å²) in [5, 5.41) is 0.620. The molecule has 132 valence electrons. The Balaban J connectivity index is 1.80. The Morgan fingerprint density at radius 1 is 1.40 bits per heavy atom. The number of carbonyl (C=O) groups excluding carboxylic acids is 1. The second kappa shape index (κ2) is 6.85. The molecule has 0 unspecified atom stereocenters. The second-order valence-electron chi connectivity index (χ2n) is 6.35. The smallest absolute Gasteiger partial charge is 0.330 e. The number of hydrogen-bond donors (Lipinski definition) is 2. The van der Waals surface area contributed by atoms with Crippen molar-refractivity contribution in [1.29, 1.82) is 0 Å². The quantitative estimate of drug-likeness (QED) is 0.757. The standard InChI is InChI=1S/C17H19ClN4O3/c1-21(8-10-3-2-4-11(18)7-10)9-13(23)14-15(19)22(12-5-6-12)17(25)20-16(14)24/h2-4,7,12H,5-6,8-9,19H2,1H3,(H,20,24,25). The number of nitrogens with zero attached hydrogens (tertiary/aromatic N) is 2. The van der Waals surface area contributed by atoms with Gasteiger partial charge in [0.05, 0.1) is 6.54 Å². The molecule has 2 aromatic rings. The van der Waals surface area contributed by atoms with Gasteiger partial charge in [-0.1, -0.05) is 23.7 Å². The van der Waals surface area contributed by atoms with Crippen LogP contribution in [-0.4, -0.2) is 33.8 Å². The summed E-state index contributed by atoms with van der Waals surface area (Å²) in [7, 11) is 1.76. The van der Waals surface area contributed by atoms with Crippen molar-refractivity contribution >= 4 is 23.2 Å². The number of H-pyrrole nitrogens is 1. The van der Waals surface area contributed by atoms with Crippen molar-refractivity contribution in [1.82, 2.24) is 14.5 Å². The molecule has 1 aliphatic carbocycles. The van der Waals surface area contributed by atoms with Gasteiger partial charge < -0.3 is 5.73 Å². The predicted octanol–water partition coefficient (Wildman–Crippen LogP) is 1.42. The lowest BCUT2D eigenvalue weighted by atomic mass is 10.1. The van der Waals surface area contributed by atoms with Gasteiger partial charge in [-0.25, -0.2) is 4.79 Å². The van der Waals surface area contributed by atoms with Crippen molar-refractivity contribution in [3.05, 3.63) is 61.3 Å². The van der Waals surface area contributed by atoms with E-state index in [1.54, 1.807) is 18.0 Å². The Morgan fingerprint density at radius 2 is 2.12 bits per heavy atom. The van der Waals surface area contributed by atoms with Crippen LogP contribution in [0.25, 0.3) is 0 Å². The molecule has 1 fully saturated rings. The number of nitrogens with two attached hydrogens (primary N) is 1. The molecule has 1 aliphatic rings. The van der Waals surface area contributed by atoms with E-state index in [-0.39, 0.29) is 24.0 Å². The van der Waals surface area contributed by atoms with Crippen LogP contribution >= 0.6 is 11.6 Å². The van der Waals surface area contributed by atoms with Gasteiger partial charge in [0, 0.05) is 17.6 Å². The molecule has 8 heteroatoms. The van der Waals surface area contributed by atoms with Gasteiger partial charge in [-0.15, -0.1) is 0 Å². The number of nitrogen functional groups attached to an aromatic ring is 1. The van der Waals surface area contributed by atoms with Crippen LogP contribution in [0.5, 0.6) is 0 Å². The fourth-order valence-electron chi connectivity index (χ4n) is 2.86. The molecule has 7 nitrogen and oxygen atoms in total. The zero-order valence-electron chi connectivity index (χ0n) is 13.8. The summed E-state index contributed by atoms with van der Waals surface area (Å²) in [5.74, 6) is -0.463. The summed E-state index contributed by atoms with van der Waals surface area (Å²) in [6.07, 6.45) is 1.64. The molecule has 1 saturated carbocycles. The molecule has 0 spiro atoms. The molecule has 0 aliphatic heterocycles. The van der Waals surface area contributed by atoms with Crippen LogP contribution < -0.4 is 17.0 Å². The number of halogens is 1. The van der Waals surface area contributed by atoms with Crippen LogP contribution in [0.15, 0.2) is 33.9 Å². The lowest BCUT2D eigenvalue weighted by Crippen LogP contribution is -2.38. The highest BCUT2D eigenvalue weighted by Crippen LogP contribution is 2.35. The van der Waals surface area contributed by atoms with Gasteiger partial charge in [-0.05, 0) is 37.6 Å². The molecule has 1 heterocycles. The second-order valence-corrected chi connectivity index (χ2v) is 6.78. The van der Waals surface area contributed by atoms with E-state index in [0.29, 0.717) is 11.6 Å². The fourth-order valence-corrected chi connectivity index (χ4v) is 3.07. The molecule has 25 heavy (non-hydrogen) atoms. The SMILES string of the molecule is CN(CC(=O)c1c(N)n(C2CC2)c(=O)[nH]c1=O)Cc1cccc(Cl)c1. The van der Waals surface area contributed by atoms with E-state index in [4.69, 9.17) is 17.3 Å². The van der Waals surface area contributed by atoms with Crippen molar-refractivity contribution in [2.24, 2.45) is 0 Å². The number of nitrogens with one attached hydrogen (secondary N) is 1. The number of anilines is 1.